The molecule has 0 amide bonds. The smallest absolute Gasteiger partial charge is 0.00674 e. The molecule has 1 unspecified atom stereocenters. The topological polar surface area (TPSA) is 3.24 Å². The summed E-state index contributed by atoms with van der Waals surface area (Å²) in [4.78, 5) is 2.68. The Balaban J connectivity index is 0.00000256. The van der Waals surface area contributed by atoms with Crippen molar-refractivity contribution in [1.82, 2.24) is 4.90 Å². The molecule has 1 nitrogen and oxygen atoms in total. The molecular weight excluding hydrogens is 213 g/mol. The molecule has 0 aromatic carbocycles. The Morgan fingerprint density at radius 3 is 2.06 bits per heavy atom. The van der Waals surface area contributed by atoms with Crippen molar-refractivity contribution in [2.45, 2.75) is 84.1 Å². The maximum absolute atomic E-state index is 2.68. The number of rotatable bonds is 9. The van der Waals surface area contributed by atoms with Gasteiger partial charge in [0.2, 0.25) is 0 Å². The van der Waals surface area contributed by atoms with Gasteiger partial charge in [0.1, 0.15) is 0 Å². The summed E-state index contributed by atoms with van der Waals surface area (Å²) in [6.07, 6.45) is 14.4. The molecule has 0 aromatic rings. The minimum atomic E-state index is 0. The van der Waals surface area contributed by atoms with Crippen molar-refractivity contribution in [2.75, 3.05) is 13.1 Å². The van der Waals surface area contributed by atoms with E-state index in [1.807, 2.05) is 0 Å². The molecule has 1 aliphatic heterocycles. The van der Waals surface area contributed by atoms with Gasteiger partial charge in [0.05, 0.1) is 0 Å². The number of likely N-dealkylation sites (tertiary alicyclic amines) is 1. The Hall–Kier alpha value is -0.110. The van der Waals surface area contributed by atoms with Crippen LogP contribution in [0, 0.1) is 0 Å². The molecule has 1 fully saturated rings. The maximum atomic E-state index is 2.68. The van der Waals surface area contributed by atoms with E-state index in [1.165, 1.54) is 77.3 Å². The van der Waals surface area contributed by atoms with Gasteiger partial charge in [-0.3, -0.25) is 4.70 Å². The van der Waals surface area contributed by atoms with Crippen LogP contribution in [0.1, 0.15) is 78.1 Å². The van der Waals surface area contributed by atoms with Crippen molar-refractivity contribution in [3.8, 4) is 0 Å². The molecule has 0 saturated carbocycles. The zero-order valence-corrected chi connectivity index (χ0v) is 11.9. The van der Waals surface area contributed by atoms with E-state index >= 15 is 0 Å². The van der Waals surface area contributed by atoms with Crippen LogP contribution in [-0.2, 0) is 0 Å². The van der Waals surface area contributed by atoms with Crippen LogP contribution in [0.5, 0.6) is 0 Å². The fraction of sp³-hybridized carbons (Fsp3) is 1.00. The molecule has 0 aromatic heterocycles. The molecule has 0 N–H and O–H groups in total. The Bertz CT molecular complexity index is 161. The lowest BCUT2D eigenvalue weighted by molar-refractivity contribution is 0.262. The van der Waals surface area contributed by atoms with Crippen molar-refractivity contribution in [2.24, 2.45) is 0 Å². The van der Waals surface area contributed by atoms with Crippen LogP contribution < -0.4 is 0 Å². The predicted octanol–water partition coefficient (Wildman–Crippen LogP) is 4.76. The molecule has 1 atom stereocenters. The lowest BCUT2D eigenvalue weighted by Gasteiger charge is -2.20. The van der Waals surface area contributed by atoms with Crippen molar-refractivity contribution < 1.29 is 4.70 Å². The van der Waals surface area contributed by atoms with E-state index in [1.54, 1.807) is 0 Å². The fourth-order valence-electron chi connectivity index (χ4n) is 2.77. The monoisotopic (exact) mass is 245 g/mol. The van der Waals surface area contributed by atoms with Gasteiger partial charge in [-0.05, 0) is 39.3 Å². The highest BCUT2D eigenvalue weighted by atomic mass is 19.0. The van der Waals surface area contributed by atoms with E-state index in [0.29, 0.717) is 0 Å². The second-order valence-corrected chi connectivity index (χ2v) is 5.50. The SMILES string of the molecule is CCCCCCCCCCN1CCCC1C.F. The molecule has 0 aliphatic carbocycles. The van der Waals surface area contributed by atoms with Crippen LogP contribution in [0.3, 0.4) is 0 Å². The van der Waals surface area contributed by atoms with Gasteiger partial charge in [-0.2, -0.15) is 0 Å². The van der Waals surface area contributed by atoms with Crippen LogP contribution in [-0.4, -0.2) is 24.0 Å². The summed E-state index contributed by atoms with van der Waals surface area (Å²) < 4.78 is 0. The normalized spacial score (nSPS) is 20.5. The van der Waals surface area contributed by atoms with Crippen molar-refractivity contribution >= 4 is 0 Å². The quantitative estimate of drug-likeness (QED) is 0.529. The van der Waals surface area contributed by atoms with Gasteiger partial charge in [0.15, 0.2) is 0 Å². The van der Waals surface area contributed by atoms with Crippen LogP contribution in [0.15, 0.2) is 0 Å². The minimum absolute atomic E-state index is 0. The largest absolute Gasteiger partial charge is 0.301 e. The lowest BCUT2D eigenvalue weighted by atomic mass is 10.1. The molecule has 1 rings (SSSR count). The third-order valence-corrected chi connectivity index (χ3v) is 3.99. The first-order valence-corrected chi connectivity index (χ1v) is 7.58. The van der Waals surface area contributed by atoms with E-state index in [9.17, 15) is 0 Å². The summed E-state index contributed by atoms with van der Waals surface area (Å²) in [5.74, 6) is 0. The van der Waals surface area contributed by atoms with Gasteiger partial charge in [-0.25, -0.2) is 0 Å². The fourth-order valence-corrected chi connectivity index (χ4v) is 2.77. The summed E-state index contributed by atoms with van der Waals surface area (Å²) in [7, 11) is 0. The summed E-state index contributed by atoms with van der Waals surface area (Å²) in [5, 5.41) is 0. The molecule has 0 spiro atoms. The zero-order chi connectivity index (χ0) is 11.6. The first-order chi connectivity index (χ1) is 7.84. The molecular formula is C15H32FN. The maximum Gasteiger partial charge on any atom is 0.00674 e. The number of unbranched alkanes of at least 4 members (excludes halogenated alkanes) is 7. The second-order valence-electron chi connectivity index (χ2n) is 5.50. The standard InChI is InChI=1S/C15H31N.FH/c1-3-4-5-6-7-8-9-10-13-16-14-11-12-15(16)2;/h15H,3-14H2,1-2H3;1H. The summed E-state index contributed by atoms with van der Waals surface area (Å²) in [6.45, 7) is 7.39. The number of halogens is 1. The average Bonchev–Trinajstić information content (AvgIpc) is 2.68. The molecule has 1 saturated heterocycles. The number of hydrogen-bond donors (Lipinski definition) is 0. The first kappa shape index (κ1) is 16.9. The molecule has 17 heavy (non-hydrogen) atoms. The summed E-state index contributed by atoms with van der Waals surface area (Å²) in [6, 6.07) is 0.865. The summed E-state index contributed by atoms with van der Waals surface area (Å²) >= 11 is 0. The Labute approximate surface area is 107 Å². The molecule has 104 valence electrons. The minimum Gasteiger partial charge on any atom is -0.301 e. The molecule has 0 bridgehead atoms. The molecule has 1 heterocycles. The van der Waals surface area contributed by atoms with Crippen LogP contribution in [0.2, 0.25) is 0 Å². The lowest BCUT2D eigenvalue weighted by Crippen LogP contribution is -2.27. The van der Waals surface area contributed by atoms with Crippen molar-refractivity contribution in [1.29, 1.82) is 0 Å². The van der Waals surface area contributed by atoms with Gasteiger partial charge in [0.25, 0.3) is 0 Å². The van der Waals surface area contributed by atoms with Crippen molar-refractivity contribution in [3.63, 3.8) is 0 Å². The van der Waals surface area contributed by atoms with E-state index in [2.05, 4.69) is 18.7 Å². The van der Waals surface area contributed by atoms with Gasteiger partial charge in [-0.1, -0.05) is 51.9 Å². The second kappa shape index (κ2) is 11.0. The van der Waals surface area contributed by atoms with Crippen LogP contribution in [0.25, 0.3) is 0 Å². The first-order valence-electron chi connectivity index (χ1n) is 7.58. The highest BCUT2D eigenvalue weighted by Gasteiger charge is 2.18. The Morgan fingerprint density at radius 1 is 0.941 bits per heavy atom. The molecule has 0 radical (unpaired) electrons. The van der Waals surface area contributed by atoms with E-state index in [4.69, 9.17) is 0 Å². The van der Waals surface area contributed by atoms with E-state index < -0.39 is 0 Å². The Morgan fingerprint density at radius 2 is 1.53 bits per heavy atom. The predicted molar refractivity (Wildman–Crippen MR) is 75.4 cm³/mol. The van der Waals surface area contributed by atoms with E-state index in [-0.39, 0.29) is 4.70 Å². The van der Waals surface area contributed by atoms with Crippen LogP contribution >= 0.6 is 0 Å². The summed E-state index contributed by atoms with van der Waals surface area (Å²) in [5.41, 5.74) is 0. The zero-order valence-electron chi connectivity index (χ0n) is 11.9. The molecule has 2 heteroatoms. The Kier molecular flexibility index (Phi) is 10.9. The van der Waals surface area contributed by atoms with Gasteiger partial charge < -0.3 is 4.90 Å². The van der Waals surface area contributed by atoms with E-state index in [0.717, 1.165) is 6.04 Å². The van der Waals surface area contributed by atoms with Crippen molar-refractivity contribution in [3.05, 3.63) is 0 Å². The van der Waals surface area contributed by atoms with Crippen LogP contribution in [0.4, 0.5) is 4.70 Å². The van der Waals surface area contributed by atoms with Gasteiger partial charge in [0, 0.05) is 6.04 Å². The van der Waals surface area contributed by atoms with Gasteiger partial charge >= 0.3 is 0 Å². The number of nitrogens with zero attached hydrogens (tertiary/aromatic N) is 1. The average molecular weight is 245 g/mol. The third kappa shape index (κ3) is 7.75. The molecule has 1 aliphatic rings. The third-order valence-electron chi connectivity index (χ3n) is 3.99. The number of hydrogen-bond acceptors (Lipinski definition) is 1. The van der Waals surface area contributed by atoms with Gasteiger partial charge in [-0.15, -0.1) is 0 Å². The highest BCUT2D eigenvalue weighted by Crippen LogP contribution is 2.17. The highest BCUT2D eigenvalue weighted by molar-refractivity contribution is 4.74.